The molecule has 3 aliphatic rings. The first kappa shape index (κ1) is 16.1. The number of rotatable bonds is 2. The molecule has 0 radical (unpaired) electrons. The zero-order valence-corrected chi connectivity index (χ0v) is 14.5. The van der Waals surface area contributed by atoms with Gasteiger partial charge in [-0.15, -0.1) is 0 Å². The number of amides is 1. The molecule has 0 aromatic carbocycles. The Morgan fingerprint density at radius 2 is 2.12 bits per heavy atom. The van der Waals surface area contributed by atoms with Gasteiger partial charge in [-0.05, 0) is 30.4 Å². The molecule has 8 heteroatoms. The van der Waals surface area contributed by atoms with Gasteiger partial charge in [0.05, 0.1) is 12.8 Å². The SMILES string of the molecule is CN1c2nc(Cl)ncc2N(CC2CCOCC2)C(=O)C12CCOC2. The van der Waals surface area contributed by atoms with Crippen LogP contribution in [-0.2, 0) is 14.3 Å². The maximum absolute atomic E-state index is 13.4. The van der Waals surface area contributed by atoms with E-state index in [2.05, 4.69) is 9.97 Å². The van der Waals surface area contributed by atoms with Gasteiger partial charge in [0.25, 0.3) is 5.91 Å². The molecule has 1 aromatic rings. The number of fused-ring (bicyclic) bond motifs is 1. The van der Waals surface area contributed by atoms with Crippen molar-refractivity contribution in [2.45, 2.75) is 24.8 Å². The summed E-state index contributed by atoms with van der Waals surface area (Å²) in [4.78, 5) is 25.6. The first-order valence-corrected chi connectivity index (χ1v) is 8.73. The fraction of sp³-hybridized carbons (Fsp3) is 0.688. The average Bonchev–Trinajstić information content (AvgIpc) is 3.09. The molecule has 0 aliphatic carbocycles. The van der Waals surface area contributed by atoms with Crippen LogP contribution in [0.25, 0.3) is 0 Å². The average molecular weight is 353 g/mol. The van der Waals surface area contributed by atoms with Crippen molar-refractivity contribution in [2.24, 2.45) is 5.92 Å². The topological polar surface area (TPSA) is 67.8 Å². The maximum Gasteiger partial charge on any atom is 0.255 e. The van der Waals surface area contributed by atoms with Gasteiger partial charge in [0.2, 0.25) is 5.28 Å². The zero-order chi connectivity index (χ0) is 16.7. The highest BCUT2D eigenvalue weighted by atomic mass is 35.5. The van der Waals surface area contributed by atoms with Gasteiger partial charge in [0.1, 0.15) is 11.2 Å². The number of hydrogen-bond acceptors (Lipinski definition) is 6. The molecule has 2 fully saturated rings. The van der Waals surface area contributed by atoms with Crippen LogP contribution in [0, 0.1) is 5.92 Å². The maximum atomic E-state index is 13.4. The quantitative estimate of drug-likeness (QED) is 0.751. The minimum atomic E-state index is -0.685. The molecule has 0 bridgehead atoms. The Hall–Kier alpha value is -1.44. The monoisotopic (exact) mass is 352 g/mol. The summed E-state index contributed by atoms with van der Waals surface area (Å²) in [5, 5.41) is 0.190. The van der Waals surface area contributed by atoms with E-state index in [1.54, 1.807) is 6.20 Å². The van der Waals surface area contributed by atoms with Crippen molar-refractivity contribution in [3.8, 4) is 0 Å². The van der Waals surface area contributed by atoms with Crippen molar-refractivity contribution in [3.05, 3.63) is 11.5 Å². The van der Waals surface area contributed by atoms with Gasteiger partial charge in [-0.2, -0.15) is 4.98 Å². The van der Waals surface area contributed by atoms with E-state index in [0.29, 0.717) is 37.9 Å². The van der Waals surface area contributed by atoms with Crippen LogP contribution < -0.4 is 9.80 Å². The number of hydrogen-bond donors (Lipinski definition) is 0. The van der Waals surface area contributed by atoms with Crippen LogP contribution in [0.15, 0.2) is 6.20 Å². The Labute approximate surface area is 145 Å². The van der Waals surface area contributed by atoms with Crippen LogP contribution in [0.2, 0.25) is 5.28 Å². The van der Waals surface area contributed by atoms with Gasteiger partial charge in [-0.1, -0.05) is 0 Å². The molecule has 1 aromatic heterocycles. The zero-order valence-electron chi connectivity index (χ0n) is 13.7. The van der Waals surface area contributed by atoms with E-state index < -0.39 is 5.54 Å². The fourth-order valence-electron chi connectivity index (χ4n) is 3.85. The van der Waals surface area contributed by atoms with Gasteiger partial charge < -0.3 is 19.3 Å². The van der Waals surface area contributed by atoms with Crippen LogP contribution in [0.5, 0.6) is 0 Å². The highest BCUT2D eigenvalue weighted by Gasteiger charge is 2.53. The number of likely N-dealkylation sites (N-methyl/N-ethyl adjacent to an activating group) is 1. The predicted octanol–water partition coefficient (Wildman–Crippen LogP) is 1.50. The number of ether oxygens (including phenoxy) is 2. The second-order valence-electron chi connectivity index (χ2n) is 6.71. The molecule has 4 heterocycles. The van der Waals surface area contributed by atoms with Crippen molar-refractivity contribution in [3.63, 3.8) is 0 Å². The smallest absolute Gasteiger partial charge is 0.255 e. The van der Waals surface area contributed by atoms with Crippen LogP contribution in [0.1, 0.15) is 19.3 Å². The molecule has 1 atom stereocenters. The standard InChI is InChI=1S/C16H21ClN4O3/c1-20-13-12(8-18-15(17)19-13)21(9-11-2-5-23-6-3-11)14(22)16(20)4-7-24-10-16/h8,11H,2-7,9-10H2,1H3. The van der Waals surface area contributed by atoms with E-state index in [1.807, 2.05) is 16.8 Å². The Morgan fingerprint density at radius 1 is 1.33 bits per heavy atom. The highest BCUT2D eigenvalue weighted by Crippen LogP contribution is 2.42. The Kier molecular flexibility index (Phi) is 4.10. The molecule has 24 heavy (non-hydrogen) atoms. The molecule has 0 N–H and O–H groups in total. The third-order valence-corrected chi connectivity index (χ3v) is 5.58. The predicted molar refractivity (Wildman–Crippen MR) is 89.5 cm³/mol. The Balaban J connectivity index is 1.73. The molecule has 1 spiro atoms. The van der Waals surface area contributed by atoms with E-state index >= 15 is 0 Å². The van der Waals surface area contributed by atoms with E-state index in [1.165, 1.54) is 0 Å². The Morgan fingerprint density at radius 3 is 2.83 bits per heavy atom. The lowest BCUT2D eigenvalue weighted by Crippen LogP contribution is -2.64. The molecule has 4 rings (SSSR count). The molecular formula is C16H21ClN4O3. The van der Waals surface area contributed by atoms with E-state index in [9.17, 15) is 4.79 Å². The summed E-state index contributed by atoms with van der Waals surface area (Å²) < 4.78 is 11.0. The number of halogens is 1. The third-order valence-electron chi connectivity index (χ3n) is 5.40. The normalized spacial score (nSPS) is 27.8. The van der Waals surface area contributed by atoms with Crippen molar-refractivity contribution >= 4 is 29.0 Å². The van der Waals surface area contributed by atoms with Crippen molar-refractivity contribution in [1.82, 2.24) is 9.97 Å². The van der Waals surface area contributed by atoms with E-state index in [-0.39, 0.29) is 11.2 Å². The second kappa shape index (κ2) is 6.13. The summed E-state index contributed by atoms with van der Waals surface area (Å²) >= 11 is 6.01. The van der Waals surface area contributed by atoms with E-state index in [4.69, 9.17) is 21.1 Å². The van der Waals surface area contributed by atoms with Gasteiger partial charge in [-0.3, -0.25) is 4.79 Å². The molecule has 7 nitrogen and oxygen atoms in total. The minimum Gasteiger partial charge on any atom is -0.381 e. The third kappa shape index (κ3) is 2.46. The lowest BCUT2D eigenvalue weighted by molar-refractivity contribution is -0.124. The molecule has 2 saturated heterocycles. The summed E-state index contributed by atoms with van der Waals surface area (Å²) in [5.41, 5.74) is 0.0477. The summed E-state index contributed by atoms with van der Waals surface area (Å²) in [5.74, 6) is 1.20. The molecular weight excluding hydrogens is 332 g/mol. The lowest BCUT2D eigenvalue weighted by atomic mass is 9.90. The largest absolute Gasteiger partial charge is 0.381 e. The number of aromatic nitrogens is 2. The lowest BCUT2D eigenvalue weighted by Gasteiger charge is -2.46. The van der Waals surface area contributed by atoms with E-state index in [0.717, 1.165) is 31.7 Å². The van der Waals surface area contributed by atoms with Crippen molar-refractivity contribution < 1.29 is 14.3 Å². The van der Waals surface area contributed by atoms with Crippen LogP contribution in [0.3, 0.4) is 0 Å². The van der Waals surface area contributed by atoms with Crippen molar-refractivity contribution in [1.29, 1.82) is 0 Å². The molecule has 1 unspecified atom stereocenters. The fourth-order valence-corrected chi connectivity index (χ4v) is 3.97. The first-order valence-electron chi connectivity index (χ1n) is 8.36. The van der Waals surface area contributed by atoms with Gasteiger partial charge in [0.15, 0.2) is 5.82 Å². The van der Waals surface area contributed by atoms with Gasteiger partial charge in [-0.25, -0.2) is 4.98 Å². The summed E-state index contributed by atoms with van der Waals surface area (Å²) in [6, 6.07) is 0. The second-order valence-corrected chi connectivity index (χ2v) is 7.05. The summed E-state index contributed by atoms with van der Waals surface area (Å²) in [7, 11) is 1.89. The van der Waals surface area contributed by atoms with Crippen LogP contribution in [0.4, 0.5) is 11.5 Å². The Bertz CT molecular complexity index is 644. The highest BCUT2D eigenvalue weighted by molar-refractivity contribution is 6.28. The van der Waals surface area contributed by atoms with Gasteiger partial charge >= 0.3 is 0 Å². The number of carbonyl (C=O) groups is 1. The van der Waals surface area contributed by atoms with Crippen molar-refractivity contribution in [2.75, 3.05) is 49.8 Å². The number of anilines is 2. The molecule has 130 valence electrons. The molecule has 3 aliphatic heterocycles. The summed E-state index contributed by atoms with van der Waals surface area (Å²) in [6.45, 7) is 3.13. The molecule has 1 amide bonds. The van der Waals surface area contributed by atoms with Crippen LogP contribution in [-0.4, -0.2) is 61.4 Å². The molecule has 0 saturated carbocycles. The number of nitrogens with zero attached hydrogens (tertiary/aromatic N) is 4. The summed E-state index contributed by atoms with van der Waals surface area (Å²) in [6.07, 6.45) is 4.24. The first-order chi connectivity index (χ1) is 11.6. The van der Waals surface area contributed by atoms with Gasteiger partial charge in [0, 0.05) is 39.8 Å². The number of carbonyl (C=O) groups excluding carboxylic acids is 1. The minimum absolute atomic E-state index is 0.0763. The van der Waals surface area contributed by atoms with Crippen LogP contribution >= 0.6 is 11.6 Å².